The average molecular weight is 261 g/mol. The molecular formula is C15H19NO3. The Morgan fingerprint density at radius 2 is 2.16 bits per heavy atom. The first-order valence-electron chi connectivity index (χ1n) is 6.49. The highest BCUT2D eigenvalue weighted by Gasteiger charge is 2.13. The molecular weight excluding hydrogens is 242 g/mol. The molecule has 4 nitrogen and oxygen atoms in total. The molecule has 0 aliphatic carbocycles. The van der Waals surface area contributed by atoms with E-state index in [0.717, 1.165) is 30.8 Å². The Morgan fingerprint density at radius 3 is 2.84 bits per heavy atom. The molecule has 0 radical (unpaired) electrons. The van der Waals surface area contributed by atoms with E-state index in [1.807, 2.05) is 6.07 Å². The fourth-order valence-electron chi connectivity index (χ4n) is 2.25. The molecule has 0 atom stereocenters. The summed E-state index contributed by atoms with van der Waals surface area (Å²) >= 11 is 0. The lowest BCUT2D eigenvalue weighted by atomic mass is 10.1. The van der Waals surface area contributed by atoms with Gasteiger partial charge in [-0.15, -0.1) is 0 Å². The molecule has 102 valence electrons. The topological polar surface area (TPSA) is 49.8 Å². The van der Waals surface area contributed by atoms with Crippen LogP contribution in [0.1, 0.15) is 24.0 Å². The van der Waals surface area contributed by atoms with Crippen LogP contribution in [0.15, 0.2) is 24.3 Å². The van der Waals surface area contributed by atoms with Crippen LogP contribution >= 0.6 is 0 Å². The summed E-state index contributed by atoms with van der Waals surface area (Å²) in [6.07, 6.45) is 5.52. The van der Waals surface area contributed by atoms with Crippen molar-refractivity contribution >= 4 is 12.0 Å². The number of carbonyl (C=O) groups is 1. The SMILES string of the molecule is COC(=O)C=Cc1ccc(O)c(CN2CCCC2)c1. The highest BCUT2D eigenvalue weighted by atomic mass is 16.5. The van der Waals surface area contributed by atoms with Gasteiger partial charge in [0.1, 0.15) is 5.75 Å². The van der Waals surface area contributed by atoms with Crippen LogP contribution in [-0.2, 0) is 16.1 Å². The van der Waals surface area contributed by atoms with E-state index in [0.29, 0.717) is 5.75 Å². The highest BCUT2D eigenvalue weighted by molar-refractivity contribution is 5.86. The summed E-state index contributed by atoms with van der Waals surface area (Å²) in [5.41, 5.74) is 1.78. The Morgan fingerprint density at radius 1 is 1.42 bits per heavy atom. The fraction of sp³-hybridized carbons (Fsp3) is 0.400. The van der Waals surface area contributed by atoms with Crippen molar-refractivity contribution in [3.05, 3.63) is 35.4 Å². The Bertz CT molecular complexity index is 476. The maximum absolute atomic E-state index is 11.0. The van der Waals surface area contributed by atoms with Crippen LogP contribution in [-0.4, -0.2) is 36.2 Å². The molecule has 4 heteroatoms. The number of phenolic OH excluding ortho intramolecular Hbond substituents is 1. The molecule has 1 aromatic carbocycles. The van der Waals surface area contributed by atoms with E-state index in [4.69, 9.17) is 0 Å². The Balaban J connectivity index is 2.09. The van der Waals surface area contributed by atoms with Gasteiger partial charge in [0.25, 0.3) is 0 Å². The van der Waals surface area contributed by atoms with Crippen LogP contribution in [0.4, 0.5) is 0 Å². The molecule has 1 aliphatic rings. The van der Waals surface area contributed by atoms with Gasteiger partial charge in [-0.05, 0) is 49.7 Å². The molecule has 19 heavy (non-hydrogen) atoms. The first kappa shape index (κ1) is 13.6. The van der Waals surface area contributed by atoms with Gasteiger partial charge in [0.05, 0.1) is 7.11 Å². The largest absolute Gasteiger partial charge is 0.508 e. The lowest BCUT2D eigenvalue weighted by molar-refractivity contribution is -0.134. The highest BCUT2D eigenvalue weighted by Crippen LogP contribution is 2.22. The van der Waals surface area contributed by atoms with Crippen molar-refractivity contribution in [1.82, 2.24) is 4.90 Å². The van der Waals surface area contributed by atoms with E-state index < -0.39 is 0 Å². The number of aromatic hydroxyl groups is 1. The maximum atomic E-state index is 11.0. The molecule has 1 heterocycles. The van der Waals surface area contributed by atoms with Gasteiger partial charge in [0, 0.05) is 18.2 Å². The Labute approximate surface area is 113 Å². The van der Waals surface area contributed by atoms with Crippen LogP contribution in [0.2, 0.25) is 0 Å². The van der Waals surface area contributed by atoms with Crippen molar-refractivity contribution in [1.29, 1.82) is 0 Å². The van der Waals surface area contributed by atoms with Gasteiger partial charge < -0.3 is 9.84 Å². The van der Waals surface area contributed by atoms with Crippen molar-refractivity contribution in [2.45, 2.75) is 19.4 Å². The first-order valence-corrected chi connectivity index (χ1v) is 6.49. The molecule has 0 amide bonds. The predicted octanol–water partition coefficient (Wildman–Crippen LogP) is 2.17. The van der Waals surface area contributed by atoms with Crippen molar-refractivity contribution in [2.75, 3.05) is 20.2 Å². The number of likely N-dealkylation sites (tertiary alicyclic amines) is 1. The van der Waals surface area contributed by atoms with Crippen molar-refractivity contribution in [2.24, 2.45) is 0 Å². The maximum Gasteiger partial charge on any atom is 0.330 e. The van der Waals surface area contributed by atoms with Crippen molar-refractivity contribution < 1.29 is 14.6 Å². The fourth-order valence-corrected chi connectivity index (χ4v) is 2.25. The molecule has 0 saturated carbocycles. The Hall–Kier alpha value is -1.81. The summed E-state index contributed by atoms with van der Waals surface area (Å²) < 4.78 is 4.55. The van der Waals surface area contributed by atoms with Gasteiger partial charge in [0.15, 0.2) is 0 Å². The monoisotopic (exact) mass is 261 g/mol. The molecule has 1 saturated heterocycles. The van der Waals surface area contributed by atoms with Gasteiger partial charge in [-0.25, -0.2) is 4.79 Å². The number of esters is 1. The van der Waals surface area contributed by atoms with E-state index in [1.165, 1.54) is 26.0 Å². The predicted molar refractivity (Wildman–Crippen MR) is 73.7 cm³/mol. The summed E-state index contributed by atoms with van der Waals surface area (Å²) in [5.74, 6) is -0.0729. The van der Waals surface area contributed by atoms with Crippen LogP contribution < -0.4 is 0 Å². The summed E-state index contributed by atoms with van der Waals surface area (Å²) in [7, 11) is 1.35. The standard InChI is InChI=1S/C15H19NO3/c1-19-15(18)7-5-12-4-6-14(17)13(10-12)11-16-8-2-3-9-16/h4-7,10,17H,2-3,8-9,11H2,1H3. The van der Waals surface area contributed by atoms with Gasteiger partial charge in [-0.1, -0.05) is 6.07 Å². The quantitative estimate of drug-likeness (QED) is 0.666. The summed E-state index contributed by atoms with van der Waals surface area (Å²) in [4.78, 5) is 13.4. The summed E-state index contributed by atoms with van der Waals surface area (Å²) in [6, 6.07) is 5.36. The lowest BCUT2D eigenvalue weighted by Gasteiger charge is -2.15. The number of hydrogen-bond donors (Lipinski definition) is 1. The minimum atomic E-state index is -0.380. The van der Waals surface area contributed by atoms with E-state index in [2.05, 4.69) is 9.64 Å². The normalized spacial score (nSPS) is 16.1. The third-order valence-electron chi connectivity index (χ3n) is 3.31. The van der Waals surface area contributed by atoms with E-state index >= 15 is 0 Å². The minimum Gasteiger partial charge on any atom is -0.508 e. The number of methoxy groups -OCH3 is 1. The molecule has 0 spiro atoms. The molecule has 1 aromatic rings. The van der Waals surface area contributed by atoms with Gasteiger partial charge in [0.2, 0.25) is 0 Å². The number of hydrogen-bond acceptors (Lipinski definition) is 4. The average Bonchev–Trinajstić information content (AvgIpc) is 2.92. The zero-order valence-electron chi connectivity index (χ0n) is 11.1. The number of phenols is 1. The zero-order valence-corrected chi connectivity index (χ0v) is 11.1. The number of nitrogens with zero attached hydrogens (tertiary/aromatic N) is 1. The van der Waals surface area contributed by atoms with Crippen LogP contribution in [0, 0.1) is 0 Å². The molecule has 1 N–H and O–H groups in total. The summed E-state index contributed by atoms with van der Waals surface area (Å²) in [5, 5.41) is 9.88. The molecule has 0 bridgehead atoms. The van der Waals surface area contributed by atoms with E-state index in [-0.39, 0.29) is 5.97 Å². The third-order valence-corrected chi connectivity index (χ3v) is 3.31. The smallest absolute Gasteiger partial charge is 0.330 e. The Kier molecular flexibility index (Phi) is 4.58. The summed E-state index contributed by atoms with van der Waals surface area (Å²) in [6.45, 7) is 2.93. The second-order valence-electron chi connectivity index (χ2n) is 4.73. The van der Waals surface area contributed by atoms with Crippen molar-refractivity contribution in [3.63, 3.8) is 0 Å². The first-order chi connectivity index (χ1) is 9.19. The number of rotatable bonds is 4. The van der Waals surface area contributed by atoms with Gasteiger partial charge >= 0.3 is 5.97 Å². The molecule has 1 fully saturated rings. The van der Waals surface area contributed by atoms with Gasteiger partial charge in [-0.3, -0.25) is 4.90 Å². The number of ether oxygens (including phenoxy) is 1. The molecule has 1 aliphatic heterocycles. The minimum absolute atomic E-state index is 0.308. The molecule has 2 rings (SSSR count). The van der Waals surface area contributed by atoms with Gasteiger partial charge in [-0.2, -0.15) is 0 Å². The number of carbonyl (C=O) groups excluding carboxylic acids is 1. The third kappa shape index (κ3) is 3.83. The van der Waals surface area contributed by atoms with Crippen LogP contribution in [0.25, 0.3) is 6.08 Å². The van der Waals surface area contributed by atoms with Crippen molar-refractivity contribution in [3.8, 4) is 5.75 Å². The second-order valence-corrected chi connectivity index (χ2v) is 4.73. The lowest BCUT2D eigenvalue weighted by Crippen LogP contribution is -2.18. The van der Waals surface area contributed by atoms with E-state index in [1.54, 1.807) is 18.2 Å². The molecule has 0 aromatic heterocycles. The van der Waals surface area contributed by atoms with Crippen LogP contribution in [0.5, 0.6) is 5.75 Å². The number of benzene rings is 1. The van der Waals surface area contributed by atoms with Crippen LogP contribution in [0.3, 0.4) is 0 Å². The van der Waals surface area contributed by atoms with E-state index in [9.17, 15) is 9.90 Å². The second kappa shape index (κ2) is 6.38. The zero-order chi connectivity index (χ0) is 13.7. The molecule has 0 unspecified atom stereocenters.